The van der Waals surface area contributed by atoms with Gasteiger partial charge in [0.25, 0.3) is 5.91 Å². The molecule has 2 amide bonds. The van der Waals surface area contributed by atoms with Crippen LogP contribution in [0.2, 0.25) is 0 Å². The van der Waals surface area contributed by atoms with Gasteiger partial charge in [-0.15, -0.1) is 0 Å². The number of alkyl carbamates (subject to hydrolysis) is 1. The Morgan fingerprint density at radius 3 is 2.17 bits per heavy atom. The van der Waals surface area contributed by atoms with Crippen LogP contribution in [0, 0.1) is 13.8 Å². The average Bonchev–Trinajstić information content (AvgIpc) is 2.87. The van der Waals surface area contributed by atoms with Crippen LogP contribution in [0.25, 0.3) is 11.0 Å². The minimum absolute atomic E-state index is 0.274. The van der Waals surface area contributed by atoms with Gasteiger partial charge >= 0.3 is 11.7 Å². The summed E-state index contributed by atoms with van der Waals surface area (Å²) in [4.78, 5) is 36.5. The molecule has 3 rings (SSSR count). The number of hydrogen-bond acceptors (Lipinski definition) is 8. The largest absolute Gasteiger partial charge is 0.476 e. The second kappa shape index (κ2) is 14.5. The fraction of sp³-hybridized carbons (Fsp3) is 0.433. The van der Waals surface area contributed by atoms with Crippen LogP contribution in [0.4, 0.5) is 4.79 Å². The first-order valence-electron chi connectivity index (χ1n) is 13.2. The molecule has 0 bridgehead atoms. The molecule has 1 unspecified atom stereocenters. The van der Waals surface area contributed by atoms with Crippen LogP contribution in [0.3, 0.4) is 0 Å². The summed E-state index contributed by atoms with van der Waals surface area (Å²) < 4.78 is 27.5. The van der Waals surface area contributed by atoms with E-state index in [1.165, 1.54) is 6.07 Å². The van der Waals surface area contributed by atoms with Gasteiger partial charge in [0.2, 0.25) is 6.10 Å². The first-order valence-corrected chi connectivity index (χ1v) is 13.2. The molecule has 1 atom stereocenters. The van der Waals surface area contributed by atoms with Gasteiger partial charge < -0.3 is 34.0 Å². The maximum atomic E-state index is 13.1. The summed E-state index contributed by atoms with van der Waals surface area (Å²) >= 11 is 0. The maximum absolute atomic E-state index is 13.1. The van der Waals surface area contributed by atoms with Crippen LogP contribution in [0.15, 0.2) is 57.7 Å². The highest BCUT2D eigenvalue weighted by atomic mass is 16.6. The van der Waals surface area contributed by atoms with E-state index < -0.39 is 23.4 Å². The predicted octanol–water partition coefficient (Wildman–Crippen LogP) is 4.20. The molecule has 1 aromatic heterocycles. The minimum Gasteiger partial charge on any atom is -0.476 e. The Morgan fingerprint density at radius 2 is 1.52 bits per heavy atom. The Labute approximate surface area is 233 Å². The lowest BCUT2D eigenvalue weighted by Crippen LogP contribution is -2.35. The zero-order valence-electron chi connectivity index (χ0n) is 23.7. The van der Waals surface area contributed by atoms with Gasteiger partial charge in [-0.3, -0.25) is 4.79 Å². The molecule has 0 aliphatic carbocycles. The third kappa shape index (κ3) is 10.0. The summed E-state index contributed by atoms with van der Waals surface area (Å²) in [6.45, 7) is 11.1. The van der Waals surface area contributed by atoms with E-state index in [9.17, 15) is 14.4 Å². The molecule has 3 aromatic rings. The molecule has 2 N–H and O–H groups in total. The molecule has 0 radical (unpaired) electrons. The molecule has 1 heterocycles. The van der Waals surface area contributed by atoms with Gasteiger partial charge in [-0.25, -0.2) is 9.59 Å². The summed E-state index contributed by atoms with van der Waals surface area (Å²) in [5.41, 5.74) is 1.94. The van der Waals surface area contributed by atoms with E-state index >= 15 is 0 Å². The van der Waals surface area contributed by atoms with E-state index in [1.54, 1.807) is 39.0 Å². The van der Waals surface area contributed by atoms with E-state index in [4.69, 9.17) is 23.4 Å². The number of benzene rings is 2. The van der Waals surface area contributed by atoms with E-state index in [-0.39, 0.29) is 19.1 Å². The third-order valence-electron chi connectivity index (χ3n) is 5.63. The van der Waals surface area contributed by atoms with Crippen LogP contribution < -0.4 is 21.0 Å². The zero-order valence-corrected chi connectivity index (χ0v) is 23.7. The van der Waals surface area contributed by atoms with E-state index in [0.29, 0.717) is 43.3 Å². The molecule has 0 spiro atoms. The fourth-order valence-electron chi connectivity index (χ4n) is 3.73. The molecule has 216 valence electrons. The molecular formula is C30H38N2O8. The Balaban J connectivity index is 1.46. The van der Waals surface area contributed by atoms with Crippen molar-refractivity contribution in [3.63, 3.8) is 0 Å². The second-order valence-corrected chi connectivity index (χ2v) is 10.3. The van der Waals surface area contributed by atoms with Crippen molar-refractivity contribution in [2.75, 3.05) is 39.5 Å². The van der Waals surface area contributed by atoms with Crippen molar-refractivity contribution in [2.45, 2.75) is 46.3 Å². The molecule has 0 aliphatic heterocycles. The van der Waals surface area contributed by atoms with Crippen molar-refractivity contribution < 1.29 is 33.0 Å². The number of fused-ring (bicyclic) bond motifs is 1. The number of carbonyl (C=O) groups excluding carboxylic acids is 2. The highest BCUT2D eigenvalue weighted by Gasteiger charge is 2.23. The Kier molecular flexibility index (Phi) is 11.1. The summed E-state index contributed by atoms with van der Waals surface area (Å²) in [5.74, 6) is 0.0687. The van der Waals surface area contributed by atoms with Gasteiger partial charge in [0, 0.05) is 36.2 Å². The van der Waals surface area contributed by atoms with E-state index in [0.717, 1.165) is 16.5 Å². The summed E-state index contributed by atoms with van der Waals surface area (Å²) in [5, 5.41) is 6.26. The van der Waals surface area contributed by atoms with Crippen molar-refractivity contribution in [3.8, 4) is 5.75 Å². The highest BCUT2D eigenvalue weighted by Crippen LogP contribution is 2.27. The van der Waals surface area contributed by atoms with Crippen molar-refractivity contribution in [2.24, 2.45) is 0 Å². The number of ether oxygens (including phenoxy) is 4. The number of aryl methyl sites for hydroxylation is 2. The fourth-order valence-corrected chi connectivity index (χ4v) is 3.73. The van der Waals surface area contributed by atoms with E-state index in [2.05, 4.69) is 10.6 Å². The minimum atomic E-state index is -0.921. The van der Waals surface area contributed by atoms with Crippen molar-refractivity contribution in [1.29, 1.82) is 0 Å². The van der Waals surface area contributed by atoms with Gasteiger partial charge in [-0.05, 0) is 52.3 Å². The molecule has 40 heavy (non-hydrogen) atoms. The Hall–Kier alpha value is -3.89. The number of carbonyl (C=O) groups is 2. The number of nitrogens with one attached hydrogen (secondary N) is 2. The third-order valence-corrected chi connectivity index (χ3v) is 5.63. The Bertz CT molecular complexity index is 1330. The van der Waals surface area contributed by atoms with Crippen LogP contribution in [0.5, 0.6) is 5.75 Å². The summed E-state index contributed by atoms with van der Waals surface area (Å²) in [7, 11) is 0. The van der Waals surface area contributed by atoms with Crippen LogP contribution >= 0.6 is 0 Å². The monoisotopic (exact) mass is 554 g/mol. The first-order chi connectivity index (χ1) is 19.0. The van der Waals surface area contributed by atoms with Crippen molar-refractivity contribution in [3.05, 3.63) is 75.6 Å². The van der Waals surface area contributed by atoms with Crippen LogP contribution in [0.1, 0.15) is 43.6 Å². The molecule has 10 nitrogen and oxygen atoms in total. The highest BCUT2D eigenvalue weighted by molar-refractivity contribution is 5.84. The van der Waals surface area contributed by atoms with Gasteiger partial charge in [-0.1, -0.05) is 29.8 Å². The van der Waals surface area contributed by atoms with E-state index in [1.807, 2.05) is 38.1 Å². The van der Waals surface area contributed by atoms with Gasteiger partial charge in [-0.2, -0.15) is 0 Å². The summed E-state index contributed by atoms with van der Waals surface area (Å²) in [6, 6.07) is 14.1. The molecule has 0 fully saturated rings. The second-order valence-electron chi connectivity index (χ2n) is 10.3. The topological polar surface area (TPSA) is 125 Å². The average molecular weight is 555 g/mol. The molecular weight excluding hydrogens is 516 g/mol. The molecule has 0 aliphatic rings. The first kappa shape index (κ1) is 30.6. The lowest BCUT2D eigenvalue weighted by Gasteiger charge is -2.20. The smallest absolute Gasteiger partial charge is 0.407 e. The number of amides is 2. The quantitative estimate of drug-likeness (QED) is 0.238. The van der Waals surface area contributed by atoms with Gasteiger partial charge in [0.1, 0.15) is 16.9 Å². The van der Waals surface area contributed by atoms with Gasteiger partial charge in [0.15, 0.2) is 0 Å². The summed E-state index contributed by atoms with van der Waals surface area (Å²) in [6.07, 6.45) is -1.41. The predicted molar refractivity (Wildman–Crippen MR) is 151 cm³/mol. The molecule has 2 aromatic carbocycles. The molecule has 0 saturated carbocycles. The number of rotatable bonds is 13. The maximum Gasteiger partial charge on any atom is 0.407 e. The normalized spacial score (nSPS) is 12.1. The van der Waals surface area contributed by atoms with Crippen LogP contribution in [-0.2, 0) is 19.0 Å². The van der Waals surface area contributed by atoms with Crippen molar-refractivity contribution >= 4 is 23.0 Å². The SMILES string of the molecule is Cc1ccc(C(Oc2ccc3c(C)cc(=O)oc3c2)C(=O)NCCOCCOCCNC(=O)OC(C)(C)C)cc1. The van der Waals surface area contributed by atoms with Gasteiger partial charge in [0.05, 0.1) is 26.4 Å². The van der Waals surface area contributed by atoms with Crippen LogP contribution in [-0.4, -0.2) is 57.1 Å². The zero-order chi connectivity index (χ0) is 29.1. The molecule has 0 saturated heterocycles. The Morgan fingerprint density at radius 1 is 0.875 bits per heavy atom. The lowest BCUT2D eigenvalue weighted by atomic mass is 10.1. The van der Waals surface area contributed by atoms with Crippen molar-refractivity contribution in [1.82, 2.24) is 10.6 Å². The molecule has 10 heteroatoms. The standard InChI is InChI=1S/C30H38N2O8/c1-20-6-8-22(9-7-20)27(38-23-10-11-24-21(2)18-26(33)39-25(24)19-23)28(34)31-12-14-36-16-17-37-15-13-32-29(35)40-30(3,4)5/h6-11,18-19,27H,12-17H2,1-5H3,(H,31,34)(H,32,35). The number of hydrogen-bond donors (Lipinski definition) is 2. The lowest BCUT2D eigenvalue weighted by molar-refractivity contribution is -0.128.